The van der Waals surface area contributed by atoms with Crippen LogP contribution in [0, 0.1) is 0 Å². The second kappa shape index (κ2) is 11.3. The number of carboxylic acid groups (broad SMARTS) is 1. The first-order valence-corrected chi connectivity index (χ1v) is 12.2. The van der Waals surface area contributed by atoms with Gasteiger partial charge in [0.05, 0.1) is 23.6 Å². The summed E-state index contributed by atoms with van der Waals surface area (Å²) in [4.78, 5) is 32.1. The number of aromatic nitrogens is 7. The van der Waals surface area contributed by atoms with Crippen LogP contribution in [0.5, 0.6) is 0 Å². The van der Waals surface area contributed by atoms with Crippen LogP contribution in [0.15, 0.2) is 78.1 Å². The molecule has 3 N–H and O–H groups in total. The summed E-state index contributed by atoms with van der Waals surface area (Å²) in [6, 6.07) is 15.1. The molecule has 1 atom stereocenters. The molecule has 5 aromatic rings. The highest BCUT2D eigenvalue weighted by molar-refractivity contribution is 6.31. The Morgan fingerprint density at radius 1 is 1.15 bits per heavy atom. The lowest BCUT2D eigenvalue weighted by molar-refractivity contribution is 0.182. The Kier molecular flexibility index (Phi) is 7.48. The standard InChI is InChI=1S/C26H23ClN8O4/c1-39-11-9-23(25-28-14-21(31-25)16-2-5-19(6-3-16)30-26(37)38)34-10-8-17(12-24(34)36)20-13-18(27)4-7-22(20)35-15-29-32-33-35/h2-8,10,12-15,23,30H,9,11H2,1H3,(H,28,31)(H,37,38). The first kappa shape index (κ1) is 25.8. The van der Waals surface area contributed by atoms with Crippen molar-refractivity contribution in [3.05, 3.63) is 94.5 Å². The van der Waals surface area contributed by atoms with Gasteiger partial charge in [0.2, 0.25) is 0 Å². The molecule has 13 heteroatoms. The fourth-order valence-corrected chi connectivity index (χ4v) is 4.44. The Bertz CT molecular complexity index is 1650. The average Bonchev–Trinajstić information content (AvgIpc) is 3.63. The van der Waals surface area contributed by atoms with Gasteiger partial charge in [0.25, 0.3) is 5.56 Å². The first-order valence-electron chi connectivity index (χ1n) is 11.8. The van der Waals surface area contributed by atoms with Gasteiger partial charge in [-0.15, -0.1) is 5.10 Å². The topological polar surface area (TPSA) is 153 Å². The van der Waals surface area contributed by atoms with Crippen molar-refractivity contribution in [2.45, 2.75) is 12.5 Å². The van der Waals surface area contributed by atoms with Crippen LogP contribution in [0.25, 0.3) is 28.1 Å². The number of hydrogen-bond acceptors (Lipinski definition) is 7. The Balaban J connectivity index is 1.47. The quantitative estimate of drug-likeness (QED) is 0.248. The second-order valence-corrected chi connectivity index (χ2v) is 9.00. The van der Waals surface area contributed by atoms with Crippen LogP contribution in [0.2, 0.25) is 5.02 Å². The molecule has 3 aromatic heterocycles. The number of amides is 1. The van der Waals surface area contributed by atoms with Gasteiger partial charge in [-0.05, 0) is 64.4 Å². The molecule has 1 unspecified atom stereocenters. The van der Waals surface area contributed by atoms with Crippen molar-refractivity contribution in [2.75, 3.05) is 19.0 Å². The number of ether oxygens (including phenoxy) is 1. The van der Waals surface area contributed by atoms with Gasteiger partial charge in [0.1, 0.15) is 12.2 Å². The molecule has 0 saturated carbocycles. The van der Waals surface area contributed by atoms with Crippen LogP contribution in [0.1, 0.15) is 18.3 Å². The molecule has 1 amide bonds. The van der Waals surface area contributed by atoms with Gasteiger partial charge in [-0.25, -0.2) is 9.78 Å². The minimum absolute atomic E-state index is 0.238. The predicted molar refractivity (Wildman–Crippen MR) is 144 cm³/mol. The van der Waals surface area contributed by atoms with Gasteiger partial charge in [-0.2, -0.15) is 4.68 Å². The number of methoxy groups -OCH3 is 1. The monoisotopic (exact) mass is 546 g/mol. The number of pyridine rings is 1. The normalized spacial score (nSPS) is 11.8. The number of rotatable bonds is 9. The third kappa shape index (κ3) is 5.71. The number of anilines is 1. The number of carbonyl (C=O) groups is 1. The Labute approximate surface area is 226 Å². The van der Waals surface area contributed by atoms with E-state index in [2.05, 4.69) is 30.8 Å². The zero-order valence-electron chi connectivity index (χ0n) is 20.7. The lowest BCUT2D eigenvalue weighted by atomic mass is 10.0. The van der Waals surface area contributed by atoms with E-state index in [1.54, 1.807) is 66.5 Å². The van der Waals surface area contributed by atoms with Crippen LogP contribution >= 0.6 is 11.6 Å². The molecule has 3 heterocycles. The van der Waals surface area contributed by atoms with Crippen molar-refractivity contribution in [1.29, 1.82) is 0 Å². The maximum Gasteiger partial charge on any atom is 0.409 e. The van der Waals surface area contributed by atoms with Gasteiger partial charge in [0.15, 0.2) is 0 Å². The predicted octanol–water partition coefficient (Wildman–Crippen LogP) is 4.25. The molecule has 0 aliphatic carbocycles. The molecule has 0 bridgehead atoms. The van der Waals surface area contributed by atoms with E-state index >= 15 is 0 Å². The molecule has 2 aromatic carbocycles. The maximum absolute atomic E-state index is 13.4. The van der Waals surface area contributed by atoms with Crippen molar-refractivity contribution in [2.24, 2.45) is 0 Å². The SMILES string of the molecule is COCCC(c1ncc(-c2ccc(NC(=O)O)cc2)[nH]1)n1ccc(-c2cc(Cl)ccc2-n2cnnn2)cc1=O. The number of H-pyrrole nitrogens is 1. The number of nitrogens with zero attached hydrogens (tertiary/aromatic N) is 6. The van der Waals surface area contributed by atoms with Crippen molar-refractivity contribution in [3.8, 4) is 28.1 Å². The van der Waals surface area contributed by atoms with E-state index in [9.17, 15) is 9.59 Å². The van der Waals surface area contributed by atoms with E-state index in [0.29, 0.717) is 46.4 Å². The van der Waals surface area contributed by atoms with Gasteiger partial charge in [-0.3, -0.25) is 10.1 Å². The molecular weight excluding hydrogens is 524 g/mol. The number of hydrogen-bond donors (Lipinski definition) is 3. The van der Waals surface area contributed by atoms with E-state index in [-0.39, 0.29) is 5.56 Å². The Hall–Kier alpha value is -4.81. The summed E-state index contributed by atoms with van der Waals surface area (Å²) >= 11 is 6.27. The molecular formula is C26H23ClN8O4. The third-order valence-corrected chi connectivity index (χ3v) is 6.34. The molecule has 0 aliphatic rings. The third-order valence-electron chi connectivity index (χ3n) is 6.10. The number of nitrogens with one attached hydrogen (secondary N) is 2. The van der Waals surface area contributed by atoms with Gasteiger partial charge < -0.3 is 19.4 Å². The lowest BCUT2D eigenvalue weighted by Crippen LogP contribution is -2.26. The first-order chi connectivity index (χ1) is 18.9. The lowest BCUT2D eigenvalue weighted by Gasteiger charge is -2.18. The van der Waals surface area contributed by atoms with E-state index in [1.807, 2.05) is 6.07 Å². The summed E-state index contributed by atoms with van der Waals surface area (Å²) in [7, 11) is 1.60. The minimum Gasteiger partial charge on any atom is -0.465 e. The summed E-state index contributed by atoms with van der Waals surface area (Å²) in [6.45, 7) is 0.405. The van der Waals surface area contributed by atoms with E-state index < -0.39 is 12.1 Å². The van der Waals surface area contributed by atoms with Crippen molar-refractivity contribution < 1.29 is 14.6 Å². The van der Waals surface area contributed by atoms with Crippen LogP contribution in [-0.4, -0.2) is 59.7 Å². The number of halogens is 1. The van der Waals surface area contributed by atoms with Gasteiger partial charge in [-0.1, -0.05) is 23.7 Å². The van der Waals surface area contributed by atoms with E-state index in [1.165, 1.54) is 17.1 Å². The Morgan fingerprint density at radius 3 is 2.67 bits per heavy atom. The average molecular weight is 547 g/mol. The van der Waals surface area contributed by atoms with Crippen molar-refractivity contribution >= 4 is 23.4 Å². The zero-order valence-corrected chi connectivity index (χ0v) is 21.4. The van der Waals surface area contributed by atoms with Gasteiger partial charge in [0, 0.05) is 42.3 Å². The second-order valence-electron chi connectivity index (χ2n) is 8.56. The summed E-state index contributed by atoms with van der Waals surface area (Å²) in [5.74, 6) is 0.585. The minimum atomic E-state index is -1.13. The molecule has 0 fully saturated rings. The fraction of sp³-hybridized carbons (Fsp3) is 0.154. The molecule has 0 radical (unpaired) electrons. The number of imidazole rings is 1. The molecule has 0 aliphatic heterocycles. The molecule has 198 valence electrons. The van der Waals surface area contributed by atoms with Crippen LogP contribution in [-0.2, 0) is 4.74 Å². The van der Waals surface area contributed by atoms with Crippen LogP contribution < -0.4 is 10.9 Å². The highest BCUT2D eigenvalue weighted by Gasteiger charge is 2.20. The molecule has 5 rings (SSSR count). The summed E-state index contributed by atoms with van der Waals surface area (Å²) in [5, 5.41) is 23.1. The Morgan fingerprint density at radius 2 is 1.97 bits per heavy atom. The summed E-state index contributed by atoms with van der Waals surface area (Å²) in [6.07, 6.45) is 4.23. The van der Waals surface area contributed by atoms with Gasteiger partial charge >= 0.3 is 6.09 Å². The number of aromatic amines is 1. The maximum atomic E-state index is 13.4. The number of benzene rings is 2. The van der Waals surface area contributed by atoms with Crippen molar-refractivity contribution in [3.63, 3.8) is 0 Å². The molecule has 12 nitrogen and oxygen atoms in total. The number of tetrazole rings is 1. The fourth-order valence-electron chi connectivity index (χ4n) is 4.27. The smallest absolute Gasteiger partial charge is 0.409 e. The van der Waals surface area contributed by atoms with Crippen LogP contribution in [0.4, 0.5) is 10.5 Å². The largest absolute Gasteiger partial charge is 0.465 e. The highest BCUT2D eigenvalue weighted by Crippen LogP contribution is 2.30. The molecule has 0 saturated heterocycles. The van der Waals surface area contributed by atoms with Crippen LogP contribution in [0.3, 0.4) is 0 Å². The summed E-state index contributed by atoms with van der Waals surface area (Å²) < 4.78 is 8.42. The van der Waals surface area contributed by atoms with E-state index in [0.717, 1.165) is 11.3 Å². The zero-order chi connectivity index (χ0) is 27.4. The van der Waals surface area contributed by atoms with Crippen molar-refractivity contribution in [1.82, 2.24) is 34.7 Å². The molecule has 39 heavy (non-hydrogen) atoms. The highest BCUT2D eigenvalue weighted by atomic mass is 35.5. The summed E-state index contributed by atoms with van der Waals surface area (Å²) in [5.41, 5.74) is 3.80. The van der Waals surface area contributed by atoms with E-state index in [4.69, 9.17) is 21.4 Å². The molecule has 0 spiro atoms.